The number of halogens is 1. The second kappa shape index (κ2) is 7.28. The molecule has 1 aromatic carbocycles. The molecule has 0 amide bonds. The molecule has 1 N–H and O–H groups in total. The molecule has 0 fully saturated rings. The lowest BCUT2D eigenvalue weighted by molar-refractivity contribution is 0.307. The van der Waals surface area contributed by atoms with Crippen LogP contribution in [0.4, 0.5) is 4.39 Å². The van der Waals surface area contributed by atoms with Crippen LogP contribution in [0, 0.1) is 5.82 Å². The van der Waals surface area contributed by atoms with Gasteiger partial charge in [0, 0.05) is 18.2 Å². The van der Waals surface area contributed by atoms with Crippen molar-refractivity contribution in [1.82, 2.24) is 14.9 Å². The highest BCUT2D eigenvalue weighted by Crippen LogP contribution is 2.17. The number of nitrogens with one attached hydrogen (secondary N) is 1. The van der Waals surface area contributed by atoms with Crippen LogP contribution in [0.5, 0.6) is 5.88 Å². The van der Waals surface area contributed by atoms with Crippen LogP contribution in [-0.2, 0) is 10.0 Å². The van der Waals surface area contributed by atoms with E-state index in [9.17, 15) is 12.8 Å². The van der Waals surface area contributed by atoms with Gasteiger partial charge in [0.25, 0.3) is 0 Å². The Hall–Kier alpha value is -2.06. The number of rotatable bonds is 7. The maximum absolute atomic E-state index is 12.8. The molecule has 0 atom stereocenters. The van der Waals surface area contributed by atoms with E-state index in [2.05, 4.69) is 14.9 Å². The lowest BCUT2D eigenvalue weighted by Gasteiger charge is -2.06. The quantitative estimate of drug-likeness (QED) is 0.782. The summed E-state index contributed by atoms with van der Waals surface area (Å²) in [5.41, 5.74) is 1.34. The van der Waals surface area contributed by atoms with Crippen molar-refractivity contribution in [3.8, 4) is 17.1 Å². The fraction of sp³-hybridized carbons (Fsp3) is 0.286. The standard InChI is InChI=1S/C14H16FN3O3S/c1-2-22(19,20)16-9-10-21-14-8-7-13(17-18-14)11-3-5-12(15)6-4-11/h3-8,16H,2,9-10H2,1H3. The van der Waals surface area contributed by atoms with Crippen molar-refractivity contribution >= 4 is 10.0 Å². The summed E-state index contributed by atoms with van der Waals surface area (Å²) in [7, 11) is -3.22. The van der Waals surface area contributed by atoms with Gasteiger partial charge in [-0.15, -0.1) is 10.2 Å². The number of hydrogen-bond donors (Lipinski definition) is 1. The van der Waals surface area contributed by atoms with Gasteiger partial charge in [0.1, 0.15) is 12.4 Å². The minimum atomic E-state index is -3.22. The van der Waals surface area contributed by atoms with Crippen LogP contribution < -0.4 is 9.46 Å². The van der Waals surface area contributed by atoms with Crippen molar-refractivity contribution in [2.45, 2.75) is 6.92 Å². The number of nitrogens with zero attached hydrogens (tertiary/aromatic N) is 2. The summed E-state index contributed by atoms with van der Waals surface area (Å²) in [4.78, 5) is 0. The smallest absolute Gasteiger partial charge is 0.233 e. The molecule has 0 bridgehead atoms. The van der Waals surface area contributed by atoms with E-state index in [1.54, 1.807) is 31.2 Å². The van der Waals surface area contributed by atoms with Crippen molar-refractivity contribution in [3.05, 3.63) is 42.2 Å². The molecule has 6 nitrogen and oxygen atoms in total. The first-order valence-corrected chi connectivity index (χ1v) is 8.35. The fourth-order valence-electron chi connectivity index (χ4n) is 1.63. The van der Waals surface area contributed by atoms with Crippen molar-refractivity contribution < 1.29 is 17.5 Å². The molecular formula is C14H16FN3O3S. The highest BCUT2D eigenvalue weighted by molar-refractivity contribution is 7.89. The number of benzene rings is 1. The third kappa shape index (κ3) is 4.74. The van der Waals surface area contributed by atoms with Crippen LogP contribution in [0.1, 0.15) is 6.92 Å². The molecule has 2 rings (SSSR count). The van der Waals surface area contributed by atoms with Gasteiger partial charge >= 0.3 is 0 Å². The molecule has 0 saturated heterocycles. The van der Waals surface area contributed by atoms with E-state index < -0.39 is 10.0 Å². The third-order valence-corrected chi connectivity index (χ3v) is 4.24. The summed E-state index contributed by atoms with van der Waals surface area (Å²) in [6.45, 7) is 1.88. The molecule has 0 aliphatic heterocycles. The Morgan fingerprint density at radius 2 is 1.86 bits per heavy atom. The Morgan fingerprint density at radius 1 is 1.14 bits per heavy atom. The van der Waals surface area contributed by atoms with Gasteiger partial charge < -0.3 is 4.74 Å². The summed E-state index contributed by atoms with van der Waals surface area (Å²) in [5, 5.41) is 7.87. The van der Waals surface area contributed by atoms with Crippen LogP contribution in [0.2, 0.25) is 0 Å². The lowest BCUT2D eigenvalue weighted by atomic mass is 10.1. The molecule has 0 unspecified atom stereocenters. The van der Waals surface area contributed by atoms with Crippen molar-refractivity contribution in [2.75, 3.05) is 18.9 Å². The fourth-order valence-corrected chi connectivity index (χ4v) is 2.22. The van der Waals surface area contributed by atoms with E-state index in [1.165, 1.54) is 12.1 Å². The minimum Gasteiger partial charge on any atom is -0.475 e. The van der Waals surface area contributed by atoms with Crippen molar-refractivity contribution in [3.63, 3.8) is 0 Å². The van der Waals surface area contributed by atoms with Crippen LogP contribution in [0.15, 0.2) is 36.4 Å². The van der Waals surface area contributed by atoms with Crippen LogP contribution in [0.3, 0.4) is 0 Å². The average molecular weight is 325 g/mol. The molecule has 0 radical (unpaired) electrons. The number of hydrogen-bond acceptors (Lipinski definition) is 5. The van der Waals surface area contributed by atoms with E-state index in [-0.39, 0.29) is 24.7 Å². The largest absolute Gasteiger partial charge is 0.475 e. The molecular weight excluding hydrogens is 309 g/mol. The zero-order valence-corrected chi connectivity index (χ0v) is 12.8. The van der Waals surface area contributed by atoms with E-state index >= 15 is 0 Å². The van der Waals surface area contributed by atoms with Crippen LogP contribution in [-0.4, -0.2) is 37.5 Å². The first kappa shape index (κ1) is 16.3. The van der Waals surface area contributed by atoms with Crippen molar-refractivity contribution in [2.24, 2.45) is 0 Å². The van der Waals surface area contributed by atoms with E-state index in [0.29, 0.717) is 11.6 Å². The van der Waals surface area contributed by atoms with E-state index in [1.807, 2.05) is 0 Å². The Morgan fingerprint density at radius 3 is 2.45 bits per heavy atom. The molecule has 0 aliphatic rings. The highest BCUT2D eigenvalue weighted by Gasteiger charge is 2.06. The van der Waals surface area contributed by atoms with Gasteiger partial charge in [-0.25, -0.2) is 17.5 Å². The minimum absolute atomic E-state index is 0.0270. The van der Waals surface area contributed by atoms with Crippen molar-refractivity contribution in [1.29, 1.82) is 0 Å². The van der Waals surface area contributed by atoms with Gasteiger partial charge in [-0.1, -0.05) is 0 Å². The van der Waals surface area contributed by atoms with Crippen LogP contribution in [0.25, 0.3) is 11.3 Å². The summed E-state index contributed by atoms with van der Waals surface area (Å²) in [6, 6.07) is 9.24. The first-order valence-electron chi connectivity index (χ1n) is 6.70. The predicted octanol–water partition coefficient (Wildman–Crippen LogP) is 1.60. The normalized spacial score (nSPS) is 11.4. The van der Waals surface area contributed by atoms with Gasteiger partial charge in [0.15, 0.2) is 0 Å². The number of sulfonamides is 1. The topological polar surface area (TPSA) is 81.2 Å². The van der Waals surface area contributed by atoms with Gasteiger partial charge in [-0.3, -0.25) is 0 Å². The molecule has 118 valence electrons. The van der Waals surface area contributed by atoms with Gasteiger partial charge in [0.05, 0.1) is 11.4 Å². The molecule has 0 saturated carbocycles. The molecule has 22 heavy (non-hydrogen) atoms. The molecule has 0 aliphatic carbocycles. The average Bonchev–Trinajstić information content (AvgIpc) is 2.53. The van der Waals surface area contributed by atoms with Gasteiger partial charge in [-0.05, 0) is 37.3 Å². The van der Waals surface area contributed by atoms with Crippen LogP contribution >= 0.6 is 0 Å². The molecule has 0 spiro atoms. The number of aromatic nitrogens is 2. The zero-order valence-electron chi connectivity index (χ0n) is 12.0. The first-order chi connectivity index (χ1) is 10.5. The maximum Gasteiger partial charge on any atom is 0.233 e. The summed E-state index contributed by atoms with van der Waals surface area (Å²) in [6.07, 6.45) is 0. The second-order valence-corrected chi connectivity index (χ2v) is 6.51. The maximum atomic E-state index is 12.8. The summed E-state index contributed by atoms with van der Waals surface area (Å²) in [5.74, 6) is 0.00636. The predicted molar refractivity (Wildman–Crippen MR) is 80.4 cm³/mol. The zero-order chi connectivity index (χ0) is 16.0. The Labute approximate surface area is 128 Å². The molecule has 1 aromatic heterocycles. The Kier molecular flexibility index (Phi) is 5.40. The van der Waals surface area contributed by atoms with Gasteiger partial charge in [-0.2, -0.15) is 0 Å². The van der Waals surface area contributed by atoms with E-state index in [4.69, 9.17) is 4.74 Å². The van der Waals surface area contributed by atoms with Gasteiger partial charge in [0.2, 0.25) is 15.9 Å². The Bertz CT molecular complexity index is 703. The molecule has 8 heteroatoms. The second-order valence-electron chi connectivity index (χ2n) is 4.41. The SMILES string of the molecule is CCS(=O)(=O)NCCOc1ccc(-c2ccc(F)cc2)nn1. The summed E-state index contributed by atoms with van der Waals surface area (Å²) < 4.78 is 43.0. The third-order valence-electron chi connectivity index (χ3n) is 2.83. The monoisotopic (exact) mass is 325 g/mol. The summed E-state index contributed by atoms with van der Waals surface area (Å²) >= 11 is 0. The lowest BCUT2D eigenvalue weighted by Crippen LogP contribution is -2.29. The number of ether oxygens (including phenoxy) is 1. The Balaban J connectivity index is 1.88. The highest BCUT2D eigenvalue weighted by atomic mass is 32.2. The molecule has 1 heterocycles. The molecule has 2 aromatic rings. The van der Waals surface area contributed by atoms with E-state index in [0.717, 1.165) is 5.56 Å².